The van der Waals surface area contributed by atoms with Crippen molar-refractivity contribution >= 4 is 0 Å². The van der Waals surface area contributed by atoms with E-state index in [-0.39, 0.29) is 5.54 Å². The second kappa shape index (κ2) is 4.15. The van der Waals surface area contributed by atoms with E-state index in [4.69, 9.17) is 10.3 Å². The summed E-state index contributed by atoms with van der Waals surface area (Å²) >= 11 is 0. The molecular weight excluding hydrogens is 254 g/mol. The first-order chi connectivity index (χ1) is 9.31. The Kier molecular flexibility index (Phi) is 2.76. The summed E-state index contributed by atoms with van der Waals surface area (Å²) in [5.74, 6) is 1.12. The highest BCUT2D eigenvalue weighted by Gasteiger charge is 2.39. The van der Waals surface area contributed by atoms with Gasteiger partial charge in [-0.3, -0.25) is 4.68 Å². The van der Waals surface area contributed by atoms with Crippen LogP contribution in [0.3, 0.4) is 0 Å². The summed E-state index contributed by atoms with van der Waals surface area (Å²) in [5.41, 5.74) is 7.65. The molecule has 1 saturated carbocycles. The van der Waals surface area contributed by atoms with Crippen LogP contribution in [0.25, 0.3) is 11.5 Å². The van der Waals surface area contributed by atoms with Crippen molar-refractivity contribution in [2.45, 2.75) is 58.0 Å². The van der Waals surface area contributed by atoms with Crippen LogP contribution in [-0.2, 0) is 11.1 Å². The molecule has 2 aromatic heterocycles. The normalized spacial score (nSPS) is 18.1. The summed E-state index contributed by atoms with van der Waals surface area (Å²) in [7, 11) is 0. The average Bonchev–Trinajstić information content (AvgIpc) is 2.91. The van der Waals surface area contributed by atoms with E-state index in [0.29, 0.717) is 11.7 Å². The summed E-state index contributed by atoms with van der Waals surface area (Å²) in [5, 5.41) is 8.48. The minimum atomic E-state index is -0.393. The minimum absolute atomic E-state index is 0.0752. The predicted octanol–water partition coefficient (Wildman–Crippen LogP) is 2.33. The molecule has 20 heavy (non-hydrogen) atoms. The maximum atomic E-state index is 6.22. The molecule has 0 aromatic carbocycles. The van der Waals surface area contributed by atoms with Crippen molar-refractivity contribution in [2.75, 3.05) is 0 Å². The molecule has 3 rings (SSSR count). The predicted molar refractivity (Wildman–Crippen MR) is 75.0 cm³/mol. The highest BCUT2D eigenvalue weighted by Crippen LogP contribution is 2.38. The number of rotatable bonds is 2. The fourth-order valence-electron chi connectivity index (χ4n) is 2.61. The van der Waals surface area contributed by atoms with Crippen LogP contribution in [-0.4, -0.2) is 19.9 Å². The van der Waals surface area contributed by atoms with E-state index < -0.39 is 5.54 Å². The maximum Gasteiger partial charge on any atom is 0.261 e. The number of nitrogens with zero attached hydrogens (tertiary/aromatic N) is 4. The molecule has 0 atom stereocenters. The molecule has 1 aliphatic rings. The Hall–Kier alpha value is -1.69. The average molecular weight is 275 g/mol. The van der Waals surface area contributed by atoms with Gasteiger partial charge in [-0.15, -0.1) is 0 Å². The Morgan fingerprint density at radius 2 is 2.05 bits per heavy atom. The standard InChI is InChI=1S/C14H21N5O/c1-9-10(8-16-19(9)13(2,3)4)11-17-12(18-20-11)14(15)6-5-7-14/h8H,5-7,15H2,1-4H3. The summed E-state index contributed by atoms with van der Waals surface area (Å²) in [6, 6.07) is 0. The fourth-order valence-corrected chi connectivity index (χ4v) is 2.61. The molecule has 1 fully saturated rings. The summed E-state index contributed by atoms with van der Waals surface area (Å²) < 4.78 is 7.35. The van der Waals surface area contributed by atoms with Gasteiger partial charge in [-0.05, 0) is 47.0 Å². The smallest absolute Gasteiger partial charge is 0.261 e. The van der Waals surface area contributed by atoms with Crippen LogP contribution >= 0.6 is 0 Å². The van der Waals surface area contributed by atoms with Gasteiger partial charge in [0.15, 0.2) is 5.82 Å². The topological polar surface area (TPSA) is 82.8 Å². The molecule has 108 valence electrons. The van der Waals surface area contributed by atoms with Crippen LogP contribution in [0.2, 0.25) is 0 Å². The molecule has 0 spiro atoms. The van der Waals surface area contributed by atoms with Gasteiger partial charge in [0.05, 0.1) is 22.8 Å². The van der Waals surface area contributed by atoms with Gasteiger partial charge in [0.25, 0.3) is 5.89 Å². The SMILES string of the molecule is Cc1c(-c2nc(C3(N)CCC3)no2)cnn1C(C)(C)C. The molecule has 0 amide bonds. The minimum Gasteiger partial charge on any atom is -0.334 e. The van der Waals surface area contributed by atoms with Gasteiger partial charge in [-0.2, -0.15) is 10.1 Å². The van der Waals surface area contributed by atoms with E-state index in [1.807, 2.05) is 11.6 Å². The summed E-state index contributed by atoms with van der Waals surface area (Å²) in [4.78, 5) is 4.47. The largest absolute Gasteiger partial charge is 0.334 e. The van der Waals surface area contributed by atoms with Gasteiger partial charge in [0.2, 0.25) is 0 Å². The van der Waals surface area contributed by atoms with Gasteiger partial charge < -0.3 is 10.3 Å². The Bertz CT molecular complexity index is 630. The molecule has 0 saturated heterocycles. The van der Waals surface area contributed by atoms with E-state index in [0.717, 1.165) is 30.5 Å². The highest BCUT2D eigenvalue weighted by atomic mass is 16.5. The maximum absolute atomic E-state index is 6.22. The van der Waals surface area contributed by atoms with Crippen LogP contribution in [0.5, 0.6) is 0 Å². The van der Waals surface area contributed by atoms with Gasteiger partial charge in [0.1, 0.15) is 0 Å². The summed E-state index contributed by atoms with van der Waals surface area (Å²) in [6.45, 7) is 8.34. The van der Waals surface area contributed by atoms with Crippen LogP contribution < -0.4 is 5.73 Å². The Labute approximate surface area is 118 Å². The van der Waals surface area contributed by atoms with Crippen molar-refractivity contribution in [3.63, 3.8) is 0 Å². The monoisotopic (exact) mass is 275 g/mol. The molecule has 1 aliphatic carbocycles. The Balaban J connectivity index is 1.96. The van der Waals surface area contributed by atoms with Crippen molar-refractivity contribution in [3.8, 4) is 11.5 Å². The van der Waals surface area contributed by atoms with E-state index in [9.17, 15) is 0 Å². The first-order valence-corrected chi connectivity index (χ1v) is 7.00. The number of aromatic nitrogens is 4. The zero-order valence-electron chi connectivity index (χ0n) is 12.5. The first-order valence-electron chi connectivity index (χ1n) is 7.00. The van der Waals surface area contributed by atoms with E-state index in [1.54, 1.807) is 6.20 Å². The summed E-state index contributed by atoms with van der Waals surface area (Å²) in [6.07, 6.45) is 4.75. The highest BCUT2D eigenvalue weighted by molar-refractivity contribution is 5.55. The van der Waals surface area contributed by atoms with Crippen LogP contribution in [0.4, 0.5) is 0 Å². The zero-order valence-corrected chi connectivity index (χ0v) is 12.5. The molecule has 2 N–H and O–H groups in total. The van der Waals surface area contributed by atoms with Crippen molar-refractivity contribution < 1.29 is 4.52 Å². The molecule has 6 nitrogen and oxygen atoms in total. The second-order valence-electron chi connectivity index (χ2n) is 6.66. The quantitative estimate of drug-likeness (QED) is 0.909. The molecule has 2 heterocycles. The lowest BCUT2D eigenvalue weighted by molar-refractivity contribution is 0.229. The van der Waals surface area contributed by atoms with Gasteiger partial charge in [-0.1, -0.05) is 5.16 Å². The molecule has 0 aliphatic heterocycles. The van der Waals surface area contributed by atoms with E-state index in [1.165, 1.54) is 0 Å². The third-order valence-electron chi connectivity index (χ3n) is 3.99. The fraction of sp³-hybridized carbons (Fsp3) is 0.643. The molecular formula is C14H21N5O. The molecule has 6 heteroatoms. The Morgan fingerprint density at radius 1 is 1.35 bits per heavy atom. The van der Waals surface area contributed by atoms with E-state index >= 15 is 0 Å². The van der Waals surface area contributed by atoms with Crippen LogP contribution in [0, 0.1) is 6.92 Å². The van der Waals surface area contributed by atoms with Crippen LogP contribution in [0.15, 0.2) is 10.7 Å². The Morgan fingerprint density at radius 3 is 2.55 bits per heavy atom. The van der Waals surface area contributed by atoms with E-state index in [2.05, 4.69) is 36.0 Å². The van der Waals surface area contributed by atoms with Crippen molar-refractivity contribution in [2.24, 2.45) is 5.73 Å². The lowest BCUT2D eigenvalue weighted by Crippen LogP contribution is -2.44. The van der Waals surface area contributed by atoms with Crippen molar-refractivity contribution in [3.05, 3.63) is 17.7 Å². The number of hydrogen-bond acceptors (Lipinski definition) is 5. The molecule has 0 unspecified atom stereocenters. The second-order valence-corrected chi connectivity index (χ2v) is 6.66. The van der Waals surface area contributed by atoms with Gasteiger partial charge >= 0.3 is 0 Å². The third-order valence-corrected chi connectivity index (χ3v) is 3.99. The van der Waals surface area contributed by atoms with Gasteiger partial charge in [-0.25, -0.2) is 0 Å². The van der Waals surface area contributed by atoms with Gasteiger partial charge in [0, 0.05) is 5.69 Å². The lowest BCUT2D eigenvalue weighted by Gasteiger charge is -2.34. The number of nitrogens with two attached hydrogens (primary N) is 1. The molecule has 0 radical (unpaired) electrons. The van der Waals surface area contributed by atoms with Crippen molar-refractivity contribution in [1.29, 1.82) is 0 Å². The zero-order chi connectivity index (χ0) is 14.5. The third kappa shape index (κ3) is 1.95. The molecule has 2 aromatic rings. The number of hydrogen-bond donors (Lipinski definition) is 1. The molecule has 0 bridgehead atoms. The lowest BCUT2D eigenvalue weighted by atomic mass is 9.77. The van der Waals surface area contributed by atoms with Crippen LogP contribution in [0.1, 0.15) is 51.6 Å². The van der Waals surface area contributed by atoms with Crippen molar-refractivity contribution in [1.82, 2.24) is 19.9 Å². The first kappa shape index (κ1) is 13.3.